The standard InChI is InChI=1S/C26H39N3O/c1-21(2)13-17-28-18-14-26(15-19-28)29(23(4)30)20-24-9-6-10-25(12-11-24)22(3)8-7-16-27-5/h6-10,12,16,21,26H,3,11,13-15,17-20H2,1-2,4-5H3/b8-7-,27-16?. The highest BCUT2D eigenvalue weighted by atomic mass is 16.2. The number of hydrogen-bond acceptors (Lipinski definition) is 3. The highest BCUT2D eigenvalue weighted by Crippen LogP contribution is 2.23. The first kappa shape index (κ1) is 24.1. The Morgan fingerprint density at radius 2 is 2.10 bits per heavy atom. The Balaban J connectivity index is 1.93. The van der Waals surface area contributed by atoms with Gasteiger partial charge in [-0.15, -0.1) is 0 Å². The minimum absolute atomic E-state index is 0.181. The molecular formula is C26H39N3O. The van der Waals surface area contributed by atoms with Crippen molar-refractivity contribution < 1.29 is 4.79 Å². The molecule has 2 aliphatic rings. The van der Waals surface area contributed by atoms with E-state index in [-0.39, 0.29) is 5.91 Å². The first-order chi connectivity index (χ1) is 14.4. The summed E-state index contributed by atoms with van der Waals surface area (Å²) in [5.41, 5.74) is 3.36. The van der Waals surface area contributed by atoms with Crippen molar-refractivity contribution in [2.24, 2.45) is 10.9 Å². The predicted molar refractivity (Wildman–Crippen MR) is 129 cm³/mol. The molecule has 2 rings (SSSR count). The average molecular weight is 410 g/mol. The Labute approximate surface area is 183 Å². The summed E-state index contributed by atoms with van der Waals surface area (Å²) >= 11 is 0. The van der Waals surface area contributed by atoms with E-state index in [1.165, 1.54) is 18.5 Å². The SMILES string of the molecule is C=C(/C=C\C=NC)C1=CCC(CN(C(C)=O)C2CCN(CCC(C)C)CC2)=CC=C1. The molecule has 0 spiro atoms. The highest BCUT2D eigenvalue weighted by Gasteiger charge is 2.26. The minimum atomic E-state index is 0.181. The van der Waals surface area contributed by atoms with Crippen LogP contribution in [0, 0.1) is 5.92 Å². The second kappa shape index (κ2) is 12.5. The van der Waals surface area contributed by atoms with E-state index in [0.717, 1.165) is 49.4 Å². The molecule has 1 fully saturated rings. The van der Waals surface area contributed by atoms with Gasteiger partial charge in [-0.2, -0.15) is 0 Å². The number of likely N-dealkylation sites (tertiary alicyclic amines) is 1. The fourth-order valence-corrected chi connectivity index (χ4v) is 3.97. The molecule has 1 heterocycles. The van der Waals surface area contributed by atoms with E-state index < -0.39 is 0 Å². The molecule has 4 heteroatoms. The van der Waals surface area contributed by atoms with Gasteiger partial charge in [0.25, 0.3) is 0 Å². The Hall–Kier alpha value is -2.20. The van der Waals surface area contributed by atoms with Crippen LogP contribution in [-0.2, 0) is 4.79 Å². The molecule has 0 aromatic heterocycles. The van der Waals surface area contributed by atoms with Gasteiger partial charge in [-0.3, -0.25) is 9.79 Å². The normalized spacial score (nSPS) is 18.7. The predicted octanol–water partition coefficient (Wildman–Crippen LogP) is 4.97. The lowest BCUT2D eigenvalue weighted by molar-refractivity contribution is -0.131. The number of aliphatic imine (C=N–C) groups is 1. The lowest BCUT2D eigenvalue weighted by atomic mass is 10.00. The van der Waals surface area contributed by atoms with Crippen molar-refractivity contribution in [2.75, 3.05) is 33.2 Å². The zero-order chi connectivity index (χ0) is 21.9. The maximum atomic E-state index is 12.4. The van der Waals surface area contributed by atoms with Crippen LogP contribution in [0.4, 0.5) is 0 Å². The monoisotopic (exact) mass is 409 g/mol. The van der Waals surface area contributed by atoms with Gasteiger partial charge in [0, 0.05) is 45.9 Å². The van der Waals surface area contributed by atoms with E-state index in [2.05, 4.69) is 59.5 Å². The minimum Gasteiger partial charge on any atom is -0.336 e. The molecule has 0 saturated carbocycles. The average Bonchev–Trinajstić information content (AvgIpc) is 2.96. The Bertz CT molecular complexity index is 731. The first-order valence-electron chi connectivity index (χ1n) is 11.2. The summed E-state index contributed by atoms with van der Waals surface area (Å²) in [6.45, 7) is 14.5. The second-order valence-corrected chi connectivity index (χ2v) is 8.74. The molecule has 0 bridgehead atoms. The molecule has 0 unspecified atom stereocenters. The number of allylic oxidation sites excluding steroid dienone is 8. The lowest BCUT2D eigenvalue weighted by Crippen LogP contribution is -2.47. The van der Waals surface area contributed by atoms with Gasteiger partial charge in [-0.25, -0.2) is 0 Å². The van der Waals surface area contributed by atoms with Crippen molar-refractivity contribution in [3.8, 4) is 0 Å². The van der Waals surface area contributed by atoms with Crippen molar-refractivity contribution in [1.82, 2.24) is 9.80 Å². The topological polar surface area (TPSA) is 35.9 Å². The number of rotatable bonds is 9. The Morgan fingerprint density at radius 1 is 1.37 bits per heavy atom. The van der Waals surface area contributed by atoms with E-state index in [4.69, 9.17) is 0 Å². The van der Waals surface area contributed by atoms with Gasteiger partial charge in [0.1, 0.15) is 0 Å². The number of piperidine rings is 1. The molecular weight excluding hydrogens is 370 g/mol. The van der Waals surface area contributed by atoms with Crippen molar-refractivity contribution in [3.63, 3.8) is 0 Å². The molecule has 1 aliphatic carbocycles. The van der Waals surface area contributed by atoms with Crippen molar-refractivity contribution >= 4 is 12.1 Å². The molecule has 1 aliphatic heterocycles. The molecule has 4 nitrogen and oxygen atoms in total. The van der Waals surface area contributed by atoms with Crippen LogP contribution < -0.4 is 0 Å². The van der Waals surface area contributed by atoms with Crippen LogP contribution in [0.5, 0.6) is 0 Å². The number of carbonyl (C=O) groups is 1. The van der Waals surface area contributed by atoms with E-state index in [1.54, 1.807) is 20.2 Å². The summed E-state index contributed by atoms with van der Waals surface area (Å²) in [7, 11) is 1.75. The third-order valence-corrected chi connectivity index (χ3v) is 5.89. The quantitative estimate of drug-likeness (QED) is 0.398. The number of nitrogens with zero attached hydrogens (tertiary/aromatic N) is 3. The Kier molecular flexibility index (Phi) is 10.0. The molecule has 0 aromatic carbocycles. The maximum Gasteiger partial charge on any atom is 0.219 e. The van der Waals surface area contributed by atoms with Crippen LogP contribution in [-0.4, -0.2) is 61.2 Å². The third kappa shape index (κ3) is 7.91. The van der Waals surface area contributed by atoms with E-state index in [0.29, 0.717) is 12.6 Å². The molecule has 30 heavy (non-hydrogen) atoms. The lowest BCUT2D eigenvalue weighted by Gasteiger charge is -2.38. The van der Waals surface area contributed by atoms with Crippen molar-refractivity contribution in [2.45, 2.75) is 52.5 Å². The van der Waals surface area contributed by atoms with Crippen molar-refractivity contribution in [1.29, 1.82) is 0 Å². The number of carbonyl (C=O) groups excluding carboxylic acids is 1. The van der Waals surface area contributed by atoms with Gasteiger partial charge in [-0.05, 0) is 60.9 Å². The first-order valence-corrected chi connectivity index (χ1v) is 11.2. The van der Waals surface area contributed by atoms with E-state index in [1.807, 2.05) is 12.2 Å². The Morgan fingerprint density at radius 3 is 2.73 bits per heavy atom. The highest BCUT2D eigenvalue weighted by molar-refractivity contribution is 5.74. The molecule has 0 aromatic rings. The van der Waals surface area contributed by atoms with Gasteiger partial charge in [0.15, 0.2) is 0 Å². The van der Waals surface area contributed by atoms with Crippen molar-refractivity contribution in [3.05, 3.63) is 59.8 Å². The summed E-state index contributed by atoms with van der Waals surface area (Å²) in [6.07, 6.45) is 18.4. The summed E-state index contributed by atoms with van der Waals surface area (Å²) < 4.78 is 0. The summed E-state index contributed by atoms with van der Waals surface area (Å²) in [5, 5.41) is 0. The van der Waals surface area contributed by atoms with E-state index >= 15 is 0 Å². The number of hydrogen-bond donors (Lipinski definition) is 0. The van der Waals surface area contributed by atoms with Crippen LogP contribution in [0.15, 0.2) is 64.7 Å². The van der Waals surface area contributed by atoms with Crippen LogP contribution >= 0.6 is 0 Å². The molecule has 1 amide bonds. The third-order valence-electron chi connectivity index (χ3n) is 5.89. The molecule has 0 atom stereocenters. The molecule has 164 valence electrons. The van der Waals surface area contributed by atoms with Crippen LogP contribution in [0.2, 0.25) is 0 Å². The molecule has 0 N–H and O–H groups in total. The molecule has 1 saturated heterocycles. The molecule has 0 radical (unpaired) electrons. The second-order valence-electron chi connectivity index (χ2n) is 8.74. The van der Waals surface area contributed by atoms with Gasteiger partial charge in [-0.1, -0.05) is 50.8 Å². The van der Waals surface area contributed by atoms with Gasteiger partial charge in [0.2, 0.25) is 5.91 Å². The fraction of sp³-hybridized carbons (Fsp3) is 0.538. The fourth-order valence-electron chi connectivity index (χ4n) is 3.97. The smallest absolute Gasteiger partial charge is 0.219 e. The van der Waals surface area contributed by atoms with Crippen LogP contribution in [0.1, 0.15) is 46.5 Å². The summed E-state index contributed by atoms with van der Waals surface area (Å²) in [5.74, 6) is 0.927. The van der Waals surface area contributed by atoms with Gasteiger partial charge >= 0.3 is 0 Å². The van der Waals surface area contributed by atoms with Crippen LogP contribution in [0.3, 0.4) is 0 Å². The zero-order valence-corrected chi connectivity index (χ0v) is 19.3. The maximum absolute atomic E-state index is 12.4. The summed E-state index contributed by atoms with van der Waals surface area (Å²) in [4.78, 5) is 21.0. The van der Waals surface area contributed by atoms with E-state index in [9.17, 15) is 4.79 Å². The van der Waals surface area contributed by atoms with Crippen LogP contribution in [0.25, 0.3) is 0 Å². The zero-order valence-electron chi connectivity index (χ0n) is 19.3. The number of amides is 1. The largest absolute Gasteiger partial charge is 0.336 e. The van der Waals surface area contributed by atoms with Gasteiger partial charge in [0.05, 0.1) is 0 Å². The summed E-state index contributed by atoms with van der Waals surface area (Å²) in [6, 6.07) is 0.348. The van der Waals surface area contributed by atoms with Gasteiger partial charge < -0.3 is 9.80 Å².